The van der Waals surface area contributed by atoms with Crippen LogP contribution in [0.2, 0.25) is 0 Å². The molecule has 0 aliphatic heterocycles. The zero-order chi connectivity index (χ0) is 20.4. The first-order chi connectivity index (χ1) is 12.5. The van der Waals surface area contributed by atoms with Gasteiger partial charge in [0.15, 0.2) is 0 Å². The Morgan fingerprint density at radius 2 is 1.59 bits per heavy atom. The van der Waals surface area contributed by atoms with Crippen LogP contribution < -0.4 is 10.6 Å². The molecule has 1 heterocycles. The van der Waals surface area contributed by atoms with Gasteiger partial charge in [-0.25, -0.2) is 0 Å². The van der Waals surface area contributed by atoms with Crippen LogP contribution in [0.5, 0.6) is 0 Å². The fourth-order valence-corrected chi connectivity index (χ4v) is 3.99. The lowest BCUT2D eigenvalue weighted by Gasteiger charge is -2.20. The van der Waals surface area contributed by atoms with Crippen LogP contribution in [-0.2, 0) is 10.2 Å². The van der Waals surface area contributed by atoms with Gasteiger partial charge < -0.3 is 10.6 Å². The van der Waals surface area contributed by atoms with Gasteiger partial charge in [-0.15, -0.1) is 11.3 Å². The number of carbonyl (C=O) groups is 2. The van der Waals surface area contributed by atoms with E-state index in [0.29, 0.717) is 5.56 Å². The van der Waals surface area contributed by atoms with Gasteiger partial charge in [-0.2, -0.15) is 0 Å². The summed E-state index contributed by atoms with van der Waals surface area (Å²) in [7, 11) is 0. The molecular formula is C22H30N2O2S. The molecule has 2 amide bonds. The lowest BCUT2D eigenvalue weighted by molar-refractivity contribution is -0.123. The lowest BCUT2D eigenvalue weighted by Crippen LogP contribution is -2.45. The van der Waals surface area contributed by atoms with Gasteiger partial charge >= 0.3 is 0 Å². The lowest BCUT2D eigenvalue weighted by atomic mass is 9.86. The molecule has 0 saturated heterocycles. The topological polar surface area (TPSA) is 58.2 Å². The minimum Gasteiger partial charge on any atom is -0.348 e. The summed E-state index contributed by atoms with van der Waals surface area (Å²) >= 11 is 1.72. The number of nitrogens with one attached hydrogen (secondary N) is 2. The van der Waals surface area contributed by atoms with Gasteiger partial charge in [0.2, 0.25) is 5.91 Å². The number of rotatable bonds is 5. The highest BCUT2D eigenvalue weighted by atomic mass is 32.1. The molecule has 5 heteroatoms. The molecule has 27 heavy (non-hydrogen) atoms. The number of aryl methyl sites for hydroxylation is 2. The number of benzene rings is 1. The smallest absolute Gasteiger partial charge is 0.251 e. The maximum absolute atomic E-state index is 12.5. The largest absolute Gasteiger partial charge is 0.348 e. The normalized spacial score (nSPS) is 13.7. The summed E-state index contributed by atoms with van der Waals surface area (Å²) < 4.78 is 0. The SMILES string of the molecule is Cc1cc([C@H](C)NC(=O)[C@H](C)NC(=O)c2ccc(C(C)(C)C)cc2)c(C)s1. The van der Waals surface area contributed by atoms with E-state index in [1.54, 1.807) is 30.4 Å². The van der Waals surface area contributed by atoms with E-state index in [2.05, 4.69) is 51.3 Å². The van der Waals surface area contributed by atoms with Crippen molar-refractivity contribution in [1.82, 2.24) is 10.6 Å². The predicted molar refractivity (Wildman–Crippen MR) is 112 cm³/mol. The maximum Gasteiger partial charge on any atom is 0.251 e. The summed E-state index contributed by atoms with van der Waals surface area (Å²) in [5.41, 5.74) is 2.89. The van der Waals surface area contributed by atoms with Crippen molar-refractivity contribution in [3.8, 4) is 0 Å². The van der Waals surface area contributed by atoms with Crippen molar-refractivity contribution in [2.75, 3.05) is 0 Å². The van der Waals surface area contributed by atoms with Crippen molar-refractivity contribution < 1.29 is 9.59 Å². The summed E-state index contributed by atoms with van der Waals surface area (Å²) in [5, 5.41) is 5.77. The van der Waals surface area contributed by atoms with Crippen LogP contribution in [0.25, 0.3) is 0 Å². The summed E-state index contributed by atoms with van der Waals surface area (Å²) in [6.07, 6.45) is 0. The van der Waals surface area contributed by atoms with Gasteiger partial charge in [0, 0.05) is 15.3 Å². The van der Waals surface area contributed by atoms with Crippen LogP contribution >= 0.6 is 11.3 Å². The first-order valence-electron chi connectivity index (χ1n) is 9.27. The Kier molecular flexibility index (Phi) is 6.47. The number of thiophene rings is 1. The van der Waals surface area contributed by atoms with Gasteiger partial charge in [0.25, 0.3) is 5.91 Å². The number of hydrogen-bond donors (Lipinski definition) is 2. The van der Waals surface area contributed by atoms with E-state index in [9.17, 15) is 9.59 Å². The molecule has 146 valence electrons. The first-order valence-corrected chi connectivity index (χ1v) is 10.1. The quantitative estimate of drug-likeness (QED) is 0.785. The minimum atomic E-state index is -0.609. The Morgan fingerprint density at radius 3 is 2.07 bits per heavy atom. The molecule has 4 nitrogen and oxygen atoms in total. The molecule has 1 aromatic carbocycles. The Hall–Kier alpha value is -2.14. The average molecular weight is 387 g/mol. The molecule has 2 rings (SSSR count). The Morgan fingerprint density at radius 1 is 1.00 bits per heavy atom. The van der Waals surface area contributed by atoms with E-state index in [4.69, 9.17) is 0 Å². The van der Waals surface area contributed by atoms with Crippen molar-refractivity contribution in [3.05, 3.63) is 56.8 Å². The summed E-state index contributed by atoms with van der Waals surface area (Å²) in [5.74, 6) is -0.432. The van der Waals surface area contributed by atoms with Crippen LogP contribution in [0.3, 0.4) is 0 Å². The Balaban J connectivity index is 1.97. The highest BCUT2D eigenvalue weighted by Gasteiger charge is 2.21. The summed E-state index contributed by atoms with van der Waals surface area (Å²) in [4.78, 5) is 27.3. The van der Waals surface area contributed by atoms with Crippen LogP contribution in [0, 0.1) is 13.8 Å². The zero-order valence-electron chi connectivity index (χ0n) is 17.3. The van der Waals surface area contributed by atoms with Gasteiger partial charge in [0.1, 0.15) is 6.04 Å². The van der Waals surface area contributed by atoms with Crippen molar-refractivity contribution in [2.24, 2.45) is 0 Å². The monoisotopic (exact) mass is 386 g/mol. The maximum atomic E-state index is 12.5. The average Bonchev–Trinajstić information content (AvgIpc) is 2.92. The fraction of sp³-hybridized carbons (Fsp3) is 0.455. The third-order valence-electron chi connectivity index (χ3n) is 4.66. The van der Waals surface area contributed by atoms with Gasteiger partial charge in [-0.3, -0.25) is 9.59 Å². The highest BCUT2D eigenvalue weighted by Crippen LogP contribution is 2.26. The van der Waals surface area contributed by atoms with E-state index in [-0.39, 0.29) is 23.3 Å². The van der Waals surface area contributed by atoms with E-state index < -0.39 is 6.04 Å². The van der Waals surface area contributed by atoms with Gasteiger partial charge in [-0.1, -0.05) is 32.9 Å². The molecule has 0 spiro atoms. The third-order valence-corrected chi connectivity index (χ3v) is 5.64. The number of hydrogen-bond acceptors (Lipinski definition) is 3. The van der Waals surface area contributed by atoms with Crippen molar-refractivity contribution >= 4 is 23.2 Å². The molecule has 1 aromatic heterocycles. The van der Waals surface area contributed by atoms with Crippen molar-refractivity contribution in [2.45, 2.75) is 66.0 Å². The molecule has 0 saturated carbocycles. The third kappa shape index (κ3) is 5.42. The van der Waals surface area contributed by atoms with Crippen molar-refractivity contribution in [3.63, 3.8) is 0 Å². The molecule has 0 radical (unpaired) electrons. The summed E-state index contributed by atoms with van der Waals surface area (Å²) in [6.45, 7) is 14.2. The number of carbonyl (C=O) groups excluding carboxylic acids is 2. The van der Waals surface area contributed by atoms with Crippen LogP contribution in [0.4, 0.5) is 0 Å². The molecule has 0 unspecified atom stereocenters. The molecule has 0 bridgehead atoms. The van der Waals surface area contributed by atoms with Crippen molar-refractivity contribution in [1.29, 1.82) is 0 Å². The van der Waals surface area contributed by atoms with E-state index >= 15 is 0 Å². The Bertz CT molecular complexity index is 816. The molecular weight excluding hydrogens is 356 g/mol. The highest BCUT2D eigenvalue weighted by molar-refractivity contribution is 7.12. The minimum absolute atomic E-state index is 0.0382. The van der Waals surface area contributed by atoms with Crippen LogP contribution in [0.15, 0.2) is 30.3 Å². The number of amides is 2. The second kappa shape index (κ2) is 8.26. The Labute approximate surface area is 166 Å². The van der Waals surface area contributed by atoms with Gasteiger partial charge in [0.05, 0.1) is 6.04 Å². The molecule has 2 aromatic rings. The second-order valence-corrected chi connectivity index (χ2v) is 9.58. The zero-order valence-corrected chi connectivity index (χ0v) is 18.1. The molecule has 0 aliphatic rings. The van der Waals surface area contributed by atoms with Crippen LogP contribution in [0.1, 0.15) is 71.9 Å². The molecule has 2 N–H and O–H groups in total. The van der Waals surface area contributed by atoms with E-state index in [1.165, 1.54) is 15.3 Å². The summed E-state index contributed by atoms with van der Waals surface area (Å²) in [6, 6.07) is 8.94. The molecule has 0 aliphatic carbocycles. The second-order valence-electron chi connectivity index (χ2n) is 8.12. The van der Waals surface area contributed by atoms with E-state index in [0.717, 1.165) is 5.56 Å². The molecule has 0 fully saturated rings. The standard InChI is InChI=1S/C22H30N2O2S/c1-13-12-19(16(4)27-13)14(2)23-20(25)15(3)24-21(26)17-8-10-18(11-9-17)22(5,6)7/h8-12,14-15H,1-7H3,(H,23,25)(H,24,26)/t14-,15-/m0/s1. The van der Waals surface area contributed by atoms with Crippen LogP contribution in [-0.4, -0.2) is 17.9 Å². The fourth-order valence-electron chi connectivity index (χ4n) is 2.96. The van der Waals surface area contributed by atoms with Gasteiger partial charge in [-0.05, 0) is 62.4 Å². The molecule has 2 atom stereocenters. The first kappa shape index (κ1) is 21.2. The van der Waals surface area contributed by atoms with E-state index in [1.807, 2.05) is 19.1 Å². The predicted octanol–water partition coefficient (Wildman–Crippen LogP) is 4.66.